The first kappa shape index (κ1) is 20.7. The summed E-state index contributed by atoms with van der Waals surface area (Å²) in [5, 5.41) is 5.37. The zero-order valence-corrected chi connectivity index (χ0v) is 18.7. The maximum absolute atomic E-state index is 12.1. The van der Waals surface area contributed by atoms with Gasteiger partial charge in [0.1, 0.15) is 10.6 Å². The Morgan fingerprint density at radius 1 is 1.25 bits per heavy atom. The standard InChI is InChI=1S/C24H25N5O2S/c1-31-20-6-5-16(12-18(20)15-29-10-3-9-27-29)13-28-11-7-17(14-28)21-19-4-2-8-26-24(19)32-22(21)23(25)30/h2-6,8-10,12,17H,7,11,13-15H2,1H3,(H2,25,30). The van der Waals surface area contributed by atoms with Gasteiger partial charge in [0.2, 0.25) is 0 Å². The number of carbonyl (C=O) groups is 1. The van der Waals surface area contributed by atoms with E-state index in [0.29, 0.717) is 11.4 Å². The molecule has 1 atom stereocenters. The molecule has 1 aromatic carbocycles. The molecule has 1 amide bonds. The minimum absolute atomic E-state index is 0.275. The molecule has 0 saturated carbocycles. The van der Waals surface area contributed by atoms with Crippen LogP contribution in [-0.2, 0) is 13.1 Å². The molecule has 0 spiro atoms. The summed E-state index contributed by atoms with van der Waals surface area (Å²) < 4.78 is 7.46. The van der Waals surface area contributed by atoms with Crippen LogP contribution in [0, 0.1) is 0 Å². The summed E-state index contributed by atoms with van der Waals surface area (Å²) in [4.78, 5) is 20.5. The summed E-state index contributed by atoms with van der Waals surface area (Å²) in [5.74, 6) is 0.781. The molecule has 1 unspecified atom stereocenters. The summed E-state index contributed by atoms with van der Waals surface area (Å²) in [7, 11) is 1.70. The van der Waals surface area contributed by atoms with Crippen molar-refractivity contribution in [2.24, 2.45) is 5.73 Å². The third-order valence-corrected chi connectivity index (χ3v) is 7.20. The maximum atomic E-state index is 12.1. The van der Waals surface area contributed by atoms with Crippen LogP contribution in [0.15, 0.2) is 55.0 Å². The number of nitrogens with two attached hydrogens (primary N) is 1. The molecule has 8 heteroatoms. The first-order valence-electron chi connectivity index (χ1n) is 10.6. The van der Waals surface area contributed by atoms with Crippen molar-refractivity contribution in [3.05, 3.63) is 76.6 Å². The number of likely N-dealkylation sites (tertiary alicyclic amines) is 1. The van der Waals surface area contributed by atoms with Crippen LogP contribution in [0.5, 0.6) is 5.75 Å². The number of rotatable bonds is 7. The molecule has 5 rings (SSSR count). The number of benzene rings is 1. The normalized spacial score (nSPS) is 16.6. The van der Waals surface area contributed by atoms with E-state index < -0.39 is 0 Å². The van der Waals surface area contributed by atoms with E-state index in [4.69, 9.17) is 10.5 Å². The van der Waals surface area contributed by atoms with Crippen LogP contribution in [0.25, 0.3) is 10.2 Å². The molecule has 1 fully saturated rings. The molecule has 7 nitrogen and oxygen atoms in total. The zero-order chi connectivity index (χ0) is 22.1. The SMILES string of the molecule is COc1ccc(CN2CCC(c3c(C(N)=O)sc4ncccc34)C2)cc1Cn1cccn1. The molecule has 1 aliphatic rings. The number of aromatic nitrogens is 3. The molecule has 4 heterocycles. The third kappa shape index (κ3) is 3.99. The van der Waals surface area contributed by atoms with Gasteiger partial charge in [-0.2, -0.15) is 5.10 Å². The molecule has 0 radical (unpaired) electrons. The van der Waals surface area contributed by atoms with Gasteiger partial charge in [0.05, 0.1) is 18.5 Å². The third-order valence-electron chi connectivity index (χ3n) is 6.05. The van der Waals surface area contributed by atoms with E-state index in [2.05, 4.69) is 27.1 Å². The van der Waals surface area contributed by atoms with Crippen LogP contribution in [-0.4, -0.2) is 45.8 Å². The van der Waals surface area contributed by atoms with Crippen LogP contribution in [0.1, 0.15) is 38.7 Å². The number of primary amides is 1. The fourth-order valence-electron chi connectivity index (χ4n) is 4.63. The van der Waals surface area contributed by atoms with Crippen molar-refractivity contribution >= 4 is 27.5 Å². The quantitative estimate of drug-likeness (QED) is 0.467. The summed E-state index contributed by atoms with van der Waals surface area (Å²) in [6, 6.07) is 12.3. The predicted octanol–water partition coefficient (Wildman–Crippen LogP) is 3.64. The van der Waals surface area contributed by atoms with Gasteiger partial charge in [0, 0.05) is 48.5 Å². The summed E-state index contributed by atoms with van der Waals surface area (Å²) >= 11 is 1.41. The number of fused-ring (bicyclic) bond motifs is 1. The molecule has 164 valence electrons. The van der Waals surface area contributed by atoms with Gasteiger partial charge in [-0.25, -0.2) is 4.98 Å². The molecule has 0 bridgehead atoms. The highest BCUT2D eigenvalue weighted by molar-refractivity contribution is 7.20. The molecule has 2 N–H and O–H groups in total. The van der Waals surface area contributed by atoms with Crippen LogP contribution < -0.4 is 10.5 Å². The molecular weight excluding hydrogens is 422 g/mol. The number of amides is 1. The average Bonchev–Trinajstić information content (AvgIpc) is 3.53. The van der Waals surface area contributed by atoms with E-state index in [1.54, 1.807) is 19.5 Å². The second kappa shape index (κ2) is 8.72. The number of nitrogens with zero attached hydrogens (tertiary/aromatic N) is 4. The molecule has 0 aliphatic carbocycles. The van der Waals surface area contributed by atoms with Gasteiger partial charge in [-0.1, -0.05) is 12.1 Å². The highest BCUT2D eigenvalue weighted by Crippen LogP contribution is 2.39. The lowest BCUT2D eigenvalue weighted by Crippen LogP contribution is -2.20. The Bertz CT molecular complexity index is 1250. The molecule has 1 saturated heterocycles. The molecule has 32 heavy (non-hydrogen) atoms. The van der Waals surface area contributed by atoms with Gasteiger partial charge in [-0.3, -0.25) is 14.4 Å². The molecule has 1 aliphatic heterocycles. The Morgan fingerprint density at radius 3 is 2.94 bits per heavy atom. The Morgan fingerprint density at radius 2 is 2.16 bits per heavy atom. The topological polar surface area (TPSA) is 86.3 Å². The van der Waals surface area contributed by atoms with Gasteiger partial charge >= 0.3 is 0 Å². The summed E-state index contributed by atoms with van der Waals surface area (Å²) in [6.45, 7) is 3.38. The molecule has 4 aromatic rings. The van der Waals surface area contributed by atoms with Crippen LogP contribution in [0.2, 0.25) is 0 Å². The Hall–Kier alpha value is -3.23. The van der Waals surface area contributed by atoms with Crippen molar-refractivity contribution in [1.29, 1.82) is 0 Å². The van der Waals surface area contributed by atoms with Crippen molar-refractivity contribution in [2.75, 3.05) is 20.2 Å². The van der Waals surface area contributed by atoms with Gasteiger partial charge in [0.25, 0.3) is 5.91 Å². The van der Waals surface area contributed by atoms with Crippen LogP contribution >= 0.6 is 11.3 Å². The van der Waals surface area contributed by atoms with Crippen molar-refractivity contribution < 1.29 is 9.53 Å². The largest absolute Gasteiger partial charge is 0.496 e. The molecule has 3 aromatic heterocycles. The smallest absolute Gasteiger partial charge is 0.259 e. The summed E-state index contributed by atoms with van der Waals surface area (Å²) in [6.07, 6.45) is 6.49. The van der Waals surface area contributed by atoms with E-state index in [1.165, 1.54) is 16.9 Å². The number of hydrogen-bond donors (Lipinski definition) is 1. The minimum Gasteiger partial charge on any atom is -0.496 e. The fraction of sp³-hybridized carbons (Fsp3) is 0.292. The monoisotopic (exact) mass is 447 g/mol. The lowest BCUT2D eigenvalue weighted by Gasteiger charge is -2.18. The van der Waals surface area contributed by atoms with Crippen molar-refractivity contribution in [3.63, 3.8) is 0 Å². The minimum atomic E-state index is -0.361. The maximum Gasteiger partial charge on any atom is 0.259 e. The Kier molecular flexibility index (Phi) is 5.63. The fourth-order valence-corrected chi connectivity index (χ4v) is 5.71. The lowest BCUT2D eigenvalue weighted by molar-refractivity contribution is 0.100. The summed E-state index contributed by atoms with van der Waals surface area (Å²) in [5.41, 5.74) is 9.13. The van der Waals surface area contributed by atoms with Gasteiger partial charge in [-0.05, 0) is 48.4 Å². The zero-order valence-electron chi connectivity index (χ0n) is 17.9. The van der Waals surface area contributed by atoms with E-state index in [9.17, 15) is 4.79 Å². The Balaban J connectivity index is 1.35. The number of methoxy groups -OCH3 is 1. The van der Waals surface area contributed by atoms with Gasteiger partial charge in [-0.15, -0.1) is 11.3 Å². The van der Waals surface area contributed by atoms with Crippen molar-refractivity contribution in [1.82, 2.24) is 19.7 Å². The second-order valence-electron chi connectivity index (χ2n) is 8.14. The first-order valence-corrected chi connectivity index (χ1v) is 11.5. The number of pyridine rings is 1. The number of carbonyl (C=O) groups excluding carboxylic acids is 1. The highest BCUT2D eigenvalue weighted by atomic mass is 32.1. The Labute approximate surface area is 190 Å². The lowest BCUT2D eigenvalue weighted by atomic mass is 9.95. The van der Waals surface area contributed by atoms with Crippen molar-refractivity contribution in [3.8, 4) is 5.75 Å². The first-order chi connectivity index (χ1) is 15.6. The van der Waals surface area contributed by atoms with E-state index in [0.717, 1.165) is 53.1 Å². The van der Waals surface area contributed by atoms with Crippen LogP contribution in [0.3, 0.4) is 0 Å². The average molecular weight is 448 g/mol. The molecular formula is C24H25N5O2S. The number of hydrogen-bond acceptors (Lipinski definition) is 6. The number of ether oxygens (including phenoxy) is 1. The van der Waals surface area contributed by atoms with E-state index >= 15 is 0 Å². The van der Waals surface area contributed by atoms with Crippen molar-refractivity contribution in [2.45, 2.75) is 25.4 Å². The predicted molar refractivity (Wildman–Crippen MR) is 125 cm³/mol. The van der Waals surface area contributed by atoms with Gasteiger partial charge < -0.3 is 10.5 Å². The highest BCUT2D eigenvalue weighted by Gasteiger charge is 2.30. The second-order valence-corrected chi connectivity index (χ2v) is 9.13. The number of thiophene rings is 1. The van der Waals surface area contributed by atoms with E-state index in [-0.39, 0.29) is 11.8 Å². The van der Waals surface area contributed by atoms with E-state index in [1.807, 2.05) is 35.1 Å². The van der Waals surface area contributed by atoms with Crippen LogP contribution in [0.4, 0.5) is 0 Å². The van der Waals surface area contributed by atoms with Gasteiger partial charge in [0.15, 0.2) is 0 Å².